The van der Waals surface area contributed by atoms with E-state index >= 15 is 0 Å². The van der Waals surface area contributed by atoms with Gasteiger partial charge in [-0.25, -0.2) is 0 Å². The molecule has 1 rings (SSSR count). The van der Waals surface area contributed by atoms with Gasteiger partial charge in [0.25, 0.3) is 0 Å². The first-order valence-electron chi connectivity index (χ1n) is 6.27. The molecule has 0 aliphatic carbocycles. The Balaban J connectivity index is 2.71. The quantitative estimate of drug-likeness (QED) is 0.441. The molecule has 0 amide bonds. The number of nitrogens with one attached hydrogen (secondary N) is 1. The Labute approximate surface area is 117 Å². The van der Waals surface area contributed by atoms with Gasteiger partial charge in [-0.1, -0.05) is 19.1 Å². The summed E-state index contributed by atoms with van der Waals surface area (Å²) in [7, 11) is 1.29. The number of carbonyl (C=O) groups excluding carboxylic acids is 1. The van der Waals surface area contributed by atoms with Crippen LogP contribution in [0.25, 0.3) is 0 Å². The average Bonchev–Trinajstić information content (AvgIpc) is 2.46. The third kappa shape index (κ3) is 4.51. The molecule has 0 fully saturated rings. The highest BCUT2D eigenvalue weighted by Gasteiger charge is 2.21. The van der Waals surface area contributed by atoms with Crippen molar-refractivity contribution >= 4 is 11.7 Å². The number of hydrogen-bond acceptors (Lipinski definition) is 6. The van der Waals surface area contributed by atoms with Crippen LogP contribution in [0.2, 0.25) is 0 Å². The summed E-state index contributed by atoms with van der Waals surface area (Å²) < 4.78 is 10.0. The van der Waals surface area contributed by atoms with Crippen LogP contribution in [0.3, 0.4) is 0 Å². The highest BCUT2D eigenvalue weighted by Crippen LogP contribution is 2.25. The zero-order chi connectivity index (χ0) is 15.0. The van der Waals surface area contributed by atoms with E-state index in [1.807, 2.05) is 6.92 Å². The number of ether oxygens (including phenoxy) is 2. The first kappa shape index (κ1) is 15.9. The number of nitro benzene ring substituents is 1. The molecule has 1 aromatic carbocycles. The van der Waals surface area contributed by atoms with Crippen LogP contribution in [0.15, 0.2) is 24.3 Å². The normalized spacial score (nSPS) is 11.7. The van der Waals surface area contributed by atoms with Gasteiger partial charge in [0.15, 0.2) is 5.75 Å². The summed E-state index contributed by atoms with van der Waals surface area (Å²) in [4.78, 5) is 21.9. The van der Waals surface area contributed by atoms with Crippen molar-refractivity contribution in [3.05, 3.63) is 34.4 Å². The van der Waals surface area contributed by atoms with Crippen LogP contribution >= 0.6 is 0 Å². The second-order valence-corrected chi connectivity index (χ2v) is 4.07. The Kier molecular flexibility index (Phi) is 6.45. The Morgan fingerprint density at radius 3 is 2.75 bits per heavy atom. The van der Waals surface area contributed by atoms with Crippen LogP contribution in [-0.2, 0) is 9.53 Å². The van der Waals surface area contributed by atoms with Gasteiger partial charge in [-0.3, -0.25) is 14.9 Å². The van der Waals surface area contributed by atoms with Gasteiger partial charge in [0, 0.05) is 6.07 Å². The number of nitro groups is 1. The fourth-order valence-electron chi connectivity index (χ4n) is 1.57. The second kappa shape index (κ2) is 8.11. The molecule has 0 saturated carbocycles. The highest BCUT2D eigenvalue weighted by molar-refractivity contribution is 5.75. The number of carbonyl (C=O) groups is 1. The minimum absolute atomic E-state index is 0.0302. The summed E-state index contributed by atoms with van der Waals surface area (Å²) in [5.41, 5.74) is -0.133. The number of hydrogen-bond donors (Lipinski definition) is 1. The van der Waals surface area contributed by atoms with E-state index in [0.29, 0.717) is 6.54 Å². The summed E-state index contributed by atoms with van der Waals surface area (Å²) in [6.45, 7) is 2.56. The maximum absolute atomic E-state index is 11.6. The van der Waals surface area contributed by atoms with E-state index in [0.717, 1.165) is 6.42 Å². The van der Waals surface area contributed by atoms with Crippen molar-refractivity contribution in [1.82, 2.24) is 5.32 Å². The van der Waals surface area contributed by atoms with Crippen molar-refractivity contribution in [2.24, 2.45) is 0 Å². The van der Waals surface area contributed by atoms with E-state index < -0.39 is 16.9 Å². The predicted octanol–water partition coefficient (Wildman–Crippen LogP) is 1.51. The molecular weight excluding hydrogens is 264 g/mol. The maximum Gasteiger partial charge on any atom is 0.326 e. The number of esters is 1. The summed E-state index contributed by atoms with van der Waals surface area (Å²) in [6, 6.07) is 5.38. The molecule has 1 aromatic rings. The molecular formula is C13H18N2O5. The van der Waals surface area contributed by atoms with Gasteiger partial charge in [-0.05, 0) is 19.0 Å². The monoisotopic (exact) mass is 282 g/mol. The summed E-state index contributed by atoms with van der Waals surface area (Å²) in [5.74, 6) is -0.332. The first-order chi connectivity index (χ1) is 9.60. The predicted molar refractivity (Wildman–Crippen MR) is 72.7 cm³/mol. The third-order valence-corrected chi connectivity index (χ3v) is 2.59. The van der Waals surface area contributed by atoms with E-state index in [2.05, 4.69) is 10.1 Å². The average molecular weight is 282 g/mol. The number of nitrogens with zero attached hydrogens (tertiary/aromatic N) is 1. The zero-order valence-corrected chi connectivity index (χ0v) is 11.5. The molecule has 0 aromatic heterocycles. The Morgan fingerprint density at radius 2 is 2.15 bits per heavy atom. The third-order valence-electron chi connectivity index (χ3n) is 2.59. The lowest BCUT2D eigenvalue weighted by Gasteiger charge is -2.16. The molecule has 7 heteroatoms. The minimum Gasteiger partial charge on any atom is -0.485 e. The summed E-state index contributed by atoms with van der Waals surface area (Å²) >= 11 is 0. The van der Waals surface area contributed by atoms with Crippen LogP contribution in [0.1, 0.15) is 13.3 Å². The maximum atomic E-state index is 11.6. The van der Waals surface area contributed by atoms with Crippen LogP contribution in [0.4, 0.5) is 5.69 Å². The molecule has 0 spiro atoms. The van der Waals surface area contributed by atoms with Crippen molar-refractivity contribution in [2.75, 3.05) is 20.3 Å². The van der Waals surface area contributed by atoms with Crippen molar-refractivity contribution in [1.29, 1.82) is 0 Å². The lowest BCUT2D eigenvalue weighted by molar-refractivity contribution is -0.385. The molecule has 7 nitrogen and oxygen atoms in total. The molecule has 1 unspecified atom stereocenters. The van der Waals surface area contributed by atoms with Crippen LogP contribution in [0.5, 0.6) is 5.75 Å². The summed E-state index contributed by atoms with van der Waals surface area (Å²) in [5, 5.41) is 13.8. The number of benzene rings is 1. The Bertz CT molecular complexity index is 464. The lowest BCUT2D eigenvalue weighted by Crippen LogP contribution is -2.42. The van der Waals surface area contributed by atoms with Crippen LogP contribution < -0.4 is 10.1 Å². The molecule has 20 heavy (non-hydrogen) atoms. The van der Waals surface area contributed by atoms with Gasteiger partial charge >= 0.3 is 11.7 Å². The number of methoxy groups -OCH3 is 1. The zero-order valence-electron chi connectivity index (χ0n) is 11.5. The Hall–Kier alpha value is -2.15. The number of rotatable bonds is 8. The number of para-hydroxylation sites is 2. The largest absolute Gasteiger partial charge is 0.485 e. The minimum atomic E-state index is -0.653. The van der Waals surface area contributed by atoms with Crippen molar-refractivity contribution in [3.63, 3.8) is 0 Å². The molecule has 0 saturated heterocycles. The van der Waals surface area contributed by atoms with E-state index in [4.69, 9.17) is 4.74 Å². The van der Waals surface area contributed by atoms with Crippen LogP contribution in [0, 0.1) is 10.1 Å². The second-order valence-electron chi connectivity index (χ2n) is 4.07. The van der Waals surface area contributed by atoms with Gasteiger partial charge in [-0.2, -0.15) is 0 Å². The fraction of sp³-hybridized carbons (Fsp3) is 0.462. The summed E-state index contributed by atoms with van der Waals surface area (Å²) in [6.07, 6.45) is 0.846. The van der Waals surface area contributed by atoms with Crippen LogP contribution in [-0.4, -0.2) is 37.2 Å². The van der Waals surface area contributed by atoms with E-state index in [1.165, 1.54) is 19.2 Å². The molecule has 0 bridgehead atoms. The van der Waals surface area contributed by atoms with Gasteiger partial charge in [0.05, 0.1) is 12.0 Å². The SMILES string of the molecule is CCCNC(COc1ccccc1[N+](=O)[O-])C(=O)OC. The van der Waals surface area contributed by atoms with E-state index in [9.17, 15) is 14.9 Å². The van der Waals surface area contributed by atoms with Crippen molar-refractivity contribution < 1.29 is 19.2 Å². The topological polar surface area (TPSA) is 90.7 Å². The molecule has 0 heterocycles. The molecule has 0 aliphatic heterocycles. The molecule has 1 atom stereocenters. The molecule has 0 radical (unpaired) electrons. The highest BCUT2D eigenvalue weighted by atomic mass is 16.6. The van der Waals surface area contributed by atoms with Gasteiger partial charge < -0.3 is 14.8 Å². The molecule has 1 N–H and O–H groups in total. The van der Waals surface area contributed by atoms with E-state index in [1.54, 1.807) is 12.1 Å². The smallest absolute Gasteiger partial charge is 0.326 e. The van der Waals surface area contributed by atoms with Crippen molar-refractivity contribution in [3.8, 4) is 5.75 Å². The van der Waals surface area contributed by atoms with E-state index in [-0.39, 0.29) is 18.0 Å². The molecule has 110 valence electrons. The Morgan fingerprint density at radius 1 is 1.45 bits per heavy atom. The standard InChI is InChI=1S/C13H18N2O5/c1-3-8-14-10(13(16)19-2)9-20-12-7-5-4-6-11(12)15(17)18/h4-7,10,14H,3,8-9H2,1-2H3. The van der Waals surface area contributed by atoms with Gasteiger partial charge in [0.2, 0.25) is 0 Å². The van der Waals surface area contributed by atoms with Crippen molar-refractivity contribution in [2.45, 2.75) is 19.4 Å². The fourth-order valence-corrected chi connectivity index (χ4v) is 1.57. The first-order valence-corrected chi connectivity index (χ1v) is 6.27. The van der Waals surface area contributed by atoms with Gasteiger partial charge in [0.1, 0.15) is 12.6 Å². The van der Waals surface area contributed by atoms with Gasteiger partial charge in [-0.15, -0.1) is 0 Å². The molecule has 0 aliphatic rings. The lowest BCUT2D eigenvalue weighted by atomic mass is 10.3.